The lowest BCUT2D eigenvalue weighted by Gasteiger charge is -2.32. The highest BCUT2D eigenvalue weighted by atomic mass is 19.1. The number of anilines is 1. The van der Waals surface area contributed by atoms with Crippen molar-refractivity contribution < 1.29 is 9.31 Å². The molecule has 2 heterocycles. The lowest BCUT2D eigenvalue weighted by atomic mass is 9.99. The first-order chi connectivity index (χ1) is 9.65. The van der Waals surface area contributed by atoms with Crippen LogP contribution in [-0.2, 0) is 0 Å². The molecule has 2 fully saturated rings. The molecule has 0 saturated carbocycles. The van der Waals surface area contributed by atoms with E-state index in [4.69, 9.17) is 0 Å². The summed E-state index contributed by atoms with van der Waals surface area (Å²) in [6, 6.07) is 4.87. The molecule has 1 N–H and O–H groups in total. The molecule has 1 aromatic carbocycles. The number of halogens is 1. The van der Waals surface area contributed by atoms with Crippen LogP contribution < -0.4 is 5.32 Å². The Morgan fingerprint density at radius 2 is 2.15 bits per heavy atom. The van der Waals surface area contributed by atoms with Gasteiger partial charge in [0.15, 0.2) is 0 Å². The minimum atomic E-state index is -0.779. The van der Waals surface area contributed by atoms with Gasteiger partial charge < -0.3 is 5.32 Å². The number of hydrogen-bond acceptors (Lipinski definition) is 4. The zero-order chi connectivity index (χ0) is 14.1. The molecule has 3 rings (SSSR count). The minimum absolute atomic E-state index is 0.316. The molecule has 0 spiro atoms. The summed E-state index contributed by atoms with van der Waals surface area (Å²) >= 11 is 0. The van der Waals surface area contributed by atoms with Crippen LogP contribution in [0.5, 0.6) is 0 Å². The average molecular weight is 279 g/mol. The molecular weight excluding hydrogens is 261 g/mol. The van der Waals surface area contributed by atoms with Crippen molar-refractivity contribution in [1.29, 1.82) is 0 Å². The molecule has 2 unspecified atom stereocenters. The van der Waals surface area contributed by atoms with Crippen molar-refractivity contribution >= 4 is 11.4 Å². The molecule has 0 bridgehead atoms. The van der Waals surface area contributed by atoms with Crippen molar-refractivity contribution in [1.82, 2.24) is 4.90 Å². The summed E-state index contributed by atoms with van der Waals surface area (Å²) in [6.07, 6.45) is 4.72. The molecule has 5 nitrogen and oxygen atoms in total. The van der Waals surface area contributed by atoms with Gasteiger partial charge in [0.1, 0.15) is 0 Å². The van der Waals surface area contributed by atoms with Crippen molar-refractivity contribution in [3.63, 3.8) is 0 Å². The van der Waals surface area contributed by atoms with Crippen molar-refractivity contribution in [3.05, 3.63) is 34.1 Å². The smallest absolute Gasteiger partial charge is 0.304 e. The predicted octanol–water partition coefficient (Wildman–Crippen LogP) is 2.77. The highest BCUT2D eigenvalue weighted by Gasteiger charge is 2.35. The standard InChI is InChI=1S/C14H18FN3O2/c15-11-9-10(4-5-13(11)18(19)20)16-12-6-8-17-7-2-1-3-14(12)17/h4-5,9,12,14,16H,1-3,6-8H2. The molecule has 2 saturated heterocycles. The Hall–Kier alpha value is -1.69. The van der Waals surface area contributed by atoms with Crippen LogP contribution in [0.25, 0.3) is 0 Å². The van der Waals surface area contributed by atoms with Crippen molar-refractivity contribution in [2.24, 2.45) is 0 Å². The lowest BCUT2D eigenvalue weighted by molar-refractivity contribution is -0.387. The monoisotopic (exact) mass is 279 g/mol. The van der Waals surface area contributed by atoms with Gasteiger partial charge >= 0.3 is 5.69 Å². The van der Waals surface area contributed by atoms with E-state index in [9.17, 15) is 14.5 Å². The van der Waals surface area contributed by atoms with E-state index < -0.39 is 16.4 Å². The second-order valence-electron chi connectivity index (χ2n) is 5.56. The summed E-state index contributed by atoms with van der Waals surface area (Å²) in [4.78, 5) is 12.4. The van der Waals surface area contributed by atoms with Gasteiger partial charge in [0.2, 0.25) is 5.82 Å². The number of rotatable bonds is 3. The fraction of sp³-hybridized carbons (Fsp3) is 0.571. The summed E-state index contributed by atoms with van der Waals surface area (Å²) in [5, 5.41) is 13.9. The third-order valence-corrected chi connectivity index (χ3v) is 4.35. The molecule has 0 aromatic heterocycles. The average Bonchev–Trinajstić information content (AvgIpc) is 2.82. The molecule has 0 amide bonds. The maximum absolute atomic E-state index is 13.6. The summed E-state index contributed by atoms with van der Waals surface area (Å²) in [5.74, 6) is -0.779. The minimum Gasteiger partial charge on any atom is -0.381 e. The molecule has 0 aliphatic carbocycles. The number of nitrogens with one attached hydrogen (secondary N) is 1. The first kappa shape index (κ1) is 13.3. The van der Waals surface area contributed by atoms with E-state index in [1.54, 1.807) is 6.07 Å². The van der Waals surface area contributed by atoms with Crippen LogP contribution >= 0.6 is 0 Å². The molecule has 0 radical (unpaired) electrons. The first-order valence-electron chi connectivity index (χ1n) is 7.09. The van der Waals surface area contributed by atoms with E-state index in [2.05, 4.69) is 10.2 Å². The number of nitrogens with zero attached hydrogens (tertiary/aromatic N) is 2. The van der Waals surface area contributed by atoms with Crippen LogP contribution in [0.3, 0.4) is 0 Å². The highest BCUT2D eigenvalue weighted by Crippen LogP contribution is 2.30. The fourth-order valence-corrected chi connectivity index (χ4v) is 3.37. The SMILES string of the molecule is O=[N+]([O-])c1ccc(NC2CCN3CCCCC23)cc1F. The summed E-state index contributed by atoms with van der Waals surface area (Å²) in [5.41, 5.74) is 0.159. The van der Waals surface area contributed by atoms with Gasteiger partial charge in [-0.1, -0.05) is 6.42 Å². The topological polar surface area (TPSA) is 58.4 Å². The summed E-state index contributed by atoms with van der Waals surface area (Å²) in [6.45, 7) is 2.23. The van der Waals surface area contributed by atoms with Crippen LogP contribution in [0.15, 0.2) is 18.2 Å². The number of benzene rings is 1. The fourth-order valence-electron chi connectivity index (χ4n) is 3.37. The number of fused-ring (bicyclic) bond motifs is 1. The third kappa shape index (κ3) is 2.47. The Kier molecular flexibility index (Phi) is 3.56. The van der Waals surface area contributed by atoms with Gasteiger partial charge in [0.05, 0.1) is 4.92 Å². The zero-order valence-corrected chi connectivity index (χ0v) is 11.2. The molecule has 2 atom stereocenters. The van der Waals surface area contributed by atoms with Crippen LogP contribution in [0, 0.1) is 15.9 Å². The van der Waals surface area contributed by atoms with Gasteiger partial charge in [-0.2, -0.15) is 4.39 Å². The maximum Gasteiger partial charge on any atom is 0.304 e. The van der Waals surface area contributed by atoms with E-state index in [0.29, 0.717) is 17.8 Å². The van der Waals surface area contributed by atoms with Gasteiger partial charge in [-0.3, -0.25) is 15.0 Å². The van der Waals surface area contributed by atoms with Gasteiger partial charge in [-0.25, -0.2) is 0 Å². The second-order valence-corrected chi connectivity index (χ2v) is 5.56. The molecule has 108 valence electrons. The number of hydrogen-bond donors (Lipinski definition) is 1. The Bertz CT molecular complexity index is 523. The number of nitro benzene ring substituents is 1. The van der Waals surface area contributed by atoms with Crippen LogP contribution in [0.2, 0.25) is 0 Å². The summed E-state index contributed by atoms with van der Waals surface area (Å²) in [7, 11) is 0. The van der Waals surface area contributed by atoms with Crippen LogP contribution in [0.4, 0.5) is 15.8 Å². The lowest BCUT2D eigenvalue weighted by Crippen LogP contribution is -2.41. The first-order valence-corrected chi connectivity index (χ1v) is 7.09. The Morgan fingerprint density at radius 3 is 2.90 bits per heavy atom. The van der Waals surface area contributed by atoms with Crippen LogP contribution in [-0.4, -0.2) is 35.0 Å². The van der Waals surface area contributed by atoms with Gasteiger partial charge in [-0.15, -0.1) is 0 Å². The maximum atomic E-state index is 13.6. The zero-order valence-electron chi connectivity index (χ0n) is 11.2. The van der Waals surface area contributed by atoms with Crippen molar-refractivity contribution in [2.75, 3.05) is 18.4 Å². The van der Waals surface area contributed by atoms with E-state index >= 15 is 0 Å². The largest absolute Gasteiger partial charge is 0.381 e. The van der Waals surface area contributed by atoms with Gasteiger partial charge in [0.25, 0.3) is 0 Å². The predicted molar refractivity (Wildman–Crippen MR) is 74.3 cm³/mol. The molecule has 2 aliphatic rings. The van der Waals surface area contributed by atoms with Crippen molar-refractivity contribution in [2.45, 2.75) is 37.8 Å². The normalized spacial score (nSPS) is 26.2. The Morgan fingerprint density at radius 1 is 1.30 bits per heavy atom. The van der Waals surface area contributed by atoms with Gasteiger partial charge in [0, 0.05) is 36.4 Å². The third-order valence-electron chi connectivity index (χ3n) is 4.35. The quantitative estimate of drug-likeness (QED) is 0.682. The molecule has 20 heavy (non-hydrogen) atoms. The second kappa shape index (κ2) is 5.36. The van der Waals surface area contributed by atoms with Gasteiger partial charge in [-0.05, 0) is 31.9 Å². The van der Waals surface area contributed by atoms with E-state index in [0.717, 1.165) is 19.5 Å². The molecular formula is C14H18FN3O2. The molecule has 2 aliphatic heterocycles. The van der Waals surface area contributed by atoms with E-state index in [1.807, 2.05) is 0 Å². The Labute approximate surface area is 116 Å². The Balaban J connectivity index is 1.72. The van der Waals surface area contributed by atoms with Crippen LogP contribution in [0.1, 0.15) is 25.7 Å². The number of nitro groups is 1. The molecule has 1 aromatic rings. The molecule has 6 heteroatoms. The highest BCUT2D eigenvalue weighted by molar-refractivity contribution is 5.50. The van der Waals surface area contributed by atoms with E-state index in [1.165, 1.54) is 31.4 Å². The summed E-state index contributed by atoms with van der Waals surface area (Å²) < 4.78 is 13.6. The van der Waals surface area contributed by atoms with E-state index in [-0.39, 0.29) is 0 Å². The number of piperidine rings is 1. The van der Waals surface area contributed by atoms with Crippen molar-refractivity contribution in [3.8, 4) is 0 Å².